The molecule has 1 saturated carbocycles. The number of allylic oxidation sites excluding steroid dienone is 6. The third-order valence-electron chi connectivity index (χ3n) is 4.35. The van der Waals surface area contributed by atoms with E-state index in [0.29, 0.717) is 5.56 Å². The molecule has 1 aromatic heterocycles. The zero-order valence-electron chi connectivity index (χ0n) is 11.6. The molecule has 0 N–H and O–H groups in total. The zero-order valence-corrected chi connectivity index (χ0v) is 11.6. The lowest BCUT2D eigenvalue weighted by atomic mass is 10.0. The number of rotatable bonds is 0. The highest BCUT2D eigenvalue weighted by atomic mass is 15.1. The lowest BCUT2D eigenvalue weighted by Crippen LogP contribution is -2.00. The number of nitriles is 1. The van der Waals surface area contributed by atoms with Crippen LogP contribution in [-0.4, -0.2) is 15.8 Å². The Balaban J connectivity index is 1.83. The Hall–Kier alpha value is -3.19. The quantitative estimate of drug-likeness (QED) is 0.744. The van der Waals surface area contributed by atoms with Crippen LogP contribution in [0.5, 0.6) is 0 Å². The van der Waals surface area contributed by atoms with Gasteiger partial charge in [-0.25, -0.2) is 4.98 Å². The second kappa shape index (κ2) is 3.92. The van der Waals surface area contributed by atoms with Gasteiger partial charge in [-0.2, -0.15) is 5.26 Å². The molecule has 0 atom stereocenters. The van der Waals surface area contributed by atoms with Gasteiger partial charge in [-0.3, -0.25) is 9.56 Å². The van der Waals surface area contributed by atoms with Crippen molar-refractivity contribution in [3.05, 3.63) is 70.2 Å². The van der Waals surface area contributed by atoms with Gasteiger partial charge in [-0.05, 0) is 35.8 Å². The maximum Gasteiger partial charge on any atom is 0.156 e. The summed E-state index contributed by atoms with van der Waals surface area (Å²) in [5.41, 5.74) is 7.49. The number of hydrogen-bond acceptors (Lipinski definition) is 3. The van der Waals surface area contributed by atoms with Crippen LogP contribution in [0.15, 0.2) is 63.8 Å². The van der Waals surface area contributed by atoms with Crippen molar-refractivity contribution in [2.45, 2.75) is 6.42 Å². The molecule has 0 amide bonds. The molecule has 2 heterocycles. The van der Waals surface area contributed by atoms with Gasteiger partial charge in [-0.15, -0.1) is 0 Å². The molecular weight excluding hydrogens is 272 g/mol. The van der Waals surface area contributed by atoms with Crippen LogP contribution in [0.1, 0.15) is 17.8 Å². The van der Waals surface area contributed by atoms with E-state index in [1.807, 2.05) is 22.9 Å². The van der Waals surface area contributed by atoms with Crippen LogP contribution in [0.2, 0.25) is 0 Å². The molecule has 0 saturated heterocycles. The van der Waals surface area contributed by atoms with E-state index >= 15 is 0 Å². The molecule has 1 aromatic carbocycles. The molecule has 4 nitrogen and oxygen atoms in total. The number of hydrogen-bond donors (Lipinski definition) is 0. The monoisotopic (exact) mass is 282 g/mol. The van der Waals surface area contributed by atoms with E-state index in [2.05, 4.69) is 34.4 Å². The smallest absolute Gasteiger partial charge is 0.156 e. The van der Waals surface area contributed by atoms with Crippen molar-refractivity contribution in [3.63, 3.8) is 0 Å². The van der Waals surface area contributed by atoms with Crippen LogP contribution < -0.4 is 0 Å². The fourth-order valence-corrected chi connectivity index (χ4v) is 3.26. The Bertz CT molecular complexity index is 1050. The molecule has 0 radical (unpaired) electrons. The Morgan fingerprint density at radius 3 is 2.86 bits per heavy atom. The second-order valence-corrected chi connectivity index (χ2v) is 5.58. The molecule has 1 fully saturated rings. The third-order valence-corrected chi connectivity index (χ3v) is 4.35. The average Bonchev–Trinajstić information content (AvgIpc) is 3.19. The Kier molecular flexibility index (Phi) is 2.05. The minimum Gasteiger partial charge on any atom is -0.298 e. The molecule has 3 aliphatic rings. The standard InChI is InChI=1S/C18H10N4/c19-7-11-1-4-16-17(5-11)22-10-15-13-3-2-12(6-13)14(15)8-20-9-18(22)21-16/h1-5,8-10H,6H2/b14-8-,15-10-,20-9?. The van der Waals surface area contributed by atoms with Gasteiger partial charge >= 0.3 is 0 Å². The lowest BCUT2D eigenvalue weighted by molar-refractivity contribution is 1.13. The highest BCUT2D eigenvalue weighted by Crippen LogP contribution is 2.45. The van der Waals surface area contributed by atoms with Gasteiger partial charge < -0.3 is 0 Å². The van der Waals surface area contributed by atoms with E-state index in [1.54, 1.807) is 12.3 Å². The first kappa shape index (κ1) is 11.5. The topological polar surface area (TPSA) is 54.0 Å². The molecule has 2 aliphatic carbocycles. The average molecular weight is 282 g/mol. The fraction of sp³-hybridized carbons (Fsp3) is 0.0556. The number of aromatic nitrogens is 2. The van der Waals surface area contributed by atoms with E-state index in [-0.39, 0.29) is 0 Å². The first-order valence-electron chi connectivity index (χ1n) is 7.11. The van der Waals surface area contributed by atoms with E-state index < -0.39 is 0 Å². The number of fused-ring (bicyclic) bond motifs is 8. The van der Waals surface area contributed by atoms with Gasteiger partial charge in [0.25, 0.3) is 0 Å². The Labute approximate surface area is 126 Å². The molecule has 0 spiro atoms. The Morgan fingerprint density at radius 2 is 2.00 bits per heavy atom. The van der Waals surface area contributed by atoms with Crippen molar-refractivity contribution in [2.75, 3.05) is 0 Å². The molecule has 22 heavy (non-hydrogen) atoms. The maximum atomic E-state index is 9.13. The van der Waals surface area contributed by atoms with E-state index in [4.69, 9.17) is 5.26 Å². The van der Waals surface area contributed by atoms with Crippen LogP contribution in [0.3, 0.4) is 0 Å². The zero-order chi connectivity index (χ0) is 14.7. The highest BCUT2D eigenvalue weighted by Gasteiger charge is 2.28. The Morgan fingerprint density at radius 1 is 1.14 bits per heavy atom. The number of nitrogens with zero attached hydrogens (tertiary/aromatic N) is 4. The van der Waals surface area contributed by atoms with Gasteiger partial charge in [-0.1, -0.05) is 12.2 Å². The van der Waals surface area contributed by atoms with Crippen LogP contribution in [0.4, 0.5) is 0 Å². The predicted octanol–water partition coefficient (Wildman–Crippen LogP) is 3.34. The summed E-state index contributed by atoms with van der Waals surface area (Å²) in [5.74, 6) is 0.783. The van der Waals surface area contributed by atoms with Crippen molar-refractivity contribution in [3.8, 4) is 6.07 Å². The molecule has 0 unspecified atom stereocenters. The molecule has 2 aromatic rings. The summed E-state index contributed by atoms with van der Waals surface area (Å²) in [7, 11) is 0. The number of imidazole rings is 1. The van der Waals surface area contributed by atoms with Gasteiger partial charge in [0.2, 0.25) is 0 Å². The van der Waals surface area contributed by atoms with Gasteiger partial charge in [0.15, 0.2) is 5.82 Å². The van der Waals surface area contributed by atoms with Crippen LogP contribution >= 0.6 is 0 Å². The minimum atomic E-state index is 0.637. The van der Waals surface area contributed by atoms with Crippen molar-refractivity contribution >= 4 is 23.4 Å². The van der Waals surface area contributed by atoms with Crippen LogP contribution in [-0.2, 0) is 0 Å². The van der Waals surface area contributed by atoms with Crippen molar-refractivity contribution in [1.82, 2.24) is 9.55 Å². The number of aliphatic imine (C=N–C) groups is 1. The first-order chi connectivity index (χ1) is 10.8. The molecule has 2 bridgehead atoms. The van der Waals surface area contributed by atoms with E-state index in [1.165, 1.54) is 22.3 Å². The first-order valence-corrected chi connectivity index (χ1v) is 7.11. The summed E-state index contributed by atoms with van der Waals surface area (Å²) >= 11 is 0. The van der Waals surface area contributed by atoms with Gasteiger partial charge in [0, 0.05) is 23.5 Å². The molecule has 5 rings (SSSR count). The third kappa shape index (κ3) is 1.40. The summed E-state index contributed by atoms with van der Waals surface area (Å²) in [6, 6.07) is 7.74. The number of benzene rings is 1. The normalized spacial score (nSPS) is 22.5. The summed E-state index contributed by atoms with van der Waals surface area (Å²) in [6.45, 7) is 0. The van der Waals surface area contributed by atoms with Crippen LogP contribution in [0, 0.1) is 11.3 Å². The van der Waals surface area contributed by atoms with Gasteiger partial charge in [0.1, 0.15) is 0 Å². The second-order valence-electron chi connectivity index (χ2n) is 5.58. The predicted molar refractivity (Wildman–Crippen MR) is 85.2 cm³/mol. The largest absolute Gasteiger partial charge is 0.298 e. The van der Waals surface area contributed by atoms with Gasteiger partial charge in [0.05, 0.1) is 28.9 Å². The minimum absolute atomic E-state index is 0.637. The fourth-order valence-electron chi connectivity index (χ4n) is 3.26. The summed E-state index contributed by atoms with van der Waals surface area (Å²) in [6.07, 6.45) is 11.1. The summed E-state index contributed by atoms with van der Waals surface area (Å²) in [4.78, 5) is 9.03. The lowest BCUT2D eigenvalue weighted by Gasteiger charge is -2.10. The van der Waals surface area contributed by atoms with Crippen molar-refractivity contribution in [2.24, 2.45) is 4.99 Å². The van der Waals surface area contributed by atoms with Crippen molar-refractivity contribution in [1.29, 1.82) is 5.26 Å². The SMILES string of the molecule is N#Cc1ccc2nc3n(c2c1)/C=C1/C2=CC=C(C2)/C1=C/N=C3. The van der Waals surface area contributed by atoms with Crippen LogP contribution in [0.25, 0.3) is 17.2 Å². The summed E-state index contributed by atoms with van der Waals surface area (Å²) in [5, 5.41) is 9.13. The maximum absolute atomic E-state index is 9.13. The van der Waals surface area contributed by atoms with E-state index in [0.717, 1.165) is 23.3 Å². The molecule has 1 aliphatic heterocycles. The van der Waals surface area contributed by atoms with Crippen molar-refractivity contribution < 1.29 is 0 Å². The highest BCUT2D eigenvalue weighted by molar-refractivity contribution is 5.90. The summed E-state index contributed by atoms with van der Waals surface area (Å²) < 4.78 is 2.03. The van der Waals surface area contributed by atoms with E-state index in [9.17, 15) is 0 Å². The molecule has 102 valence electrons. The molecule has 4 heteroatoms. The molecular formula is C18H10N4.